The lowest BCUT2D eigenvalue weighted by Crippen LogP contribution is -1.79. The number of halogens is 2. The van der Waals surface area contributed by atoms with Gasteiger partial charge in [-0.3, -0.25) is 0 Å². The molecule has 0 spiro atoms. The van der Waals surface area contributed by atoms with Gasteiger partial charge >= 0.3 is 0 Å². The molecule has 0 atom stereocenters. The Kier molecular flexibility index (Phi) is 3.50. The van der Waals surface area contributed by atoms with Crippen LogP contribution in [-0.2, 0) is 0 Å². The highest BCUT2D eigenvalue weighted by Gasteiger charge is 2.14. The smallest absolute Gasteiger partial charge is 0.127 e. The van der Waals surface area contributed by atoms with Crippen molar-refractivity contribution in [3.05, 3.63) is 44.4 Å². The van der Waals surface area contributed by atoms with Gasteiger partial charge in [-0.1, -0.05) is 35.3 Å². The predicted molar refractivity (Wildman–Crippen MR) is 82.5 cm³/mol. The quantitative estimate of drug-likeness (QED) is 0.669. The van der Waals surface area contributed by atoms with Crippen molar-refractivity contribution >= 4 is 45.9 Å². The number of phenols is 1. The van der Waals surface area contributed by atoms with Gasteiger partial charge in [-0.05, 0) is 18.2 Å². The van der Waals surface area contributed by atoms with Gasteiger partial charge in [0.2, 0.25) is 0 Å². The Labute approximate surface area is 127 Å². The van der Waals surface area contributed by atoms with Crippen molar-refractivity contribution in [1.29, 1.82) is 0 Å². The van der Waals surface area contributed by atoms with Gasteiger partial charge in [0.25, 0.3) is 0 Å². The van der Waals surface area contributed by atoms with Crippen molar-refractivity contribution < 1.29 is 5.11 Å². The van der Waals surface area contributed by atoms with Gasteiger partial charge in [0.1, 0.15) is 15.1 Å². The minimum absolute atomic E-state index is 0.220. The number of hydrogen-bond donors (Lipinski definition) is 1. The summed E-state index contributed by atoms with van der Waals surface area (Å²) in [5.74, 6) is 0.220. The van der Waals surface area contributed by atoms with Crippen LogP contribution in [0.15, 0.2) is 35.7 Å². The van der Waals surface area contributed by atoms with Crippen LogP contribution in [0.4, 0.5) is 0 Å². The van der Waals surface area contributed by atoms with Crippen molar-refractivity contribution in [2.45, 2.75) is 0 Å². The first-order valence-corrected chi connectivity index (χ1v) is 7.79. The molecule has 0 saturated heterocycles. The fraction of sp³-hybridized carbons (Fsp3) is 0. The van der Waals surface area contributed by atoms with Crippen molar-refractivity contribution in [1.82, 2.24) is 4.98 Å². The first-order chi connectivity index (χ1) is 9.15. The molecule has 3 aromatic rings. The summed E-state index contributed by atoms with van der Waals surface area (Å²) >= 11 is 14.8. The molecule has 2 nitrogen and oxygen atoms in total. The molecule has 0 aliphatic carbocycles. The normalized spacial score (nSPS) is 10.8. The molecule has 3 rings (SSSR count). The van der Waals surface area contributed by atoms with E-state index in [-0.39, 0.29) is 5.75 Å². The topological polar surface area (TPSA) is 33.1 Å². The number of aromatic nitrogens is 1. The van der Waals surface area contributed by atoms with Gasteiger partial charge in [0, 0.05) is 10.9 Å². The number of phenolic OH excluding ortho intramolecular Hbond substituents is 1. The lowest BCUT2D eigenvalue weighted by molar-refractivity contribution is 0.477. The first-order valence-electron chi connectivity index (χ1n) is 5.34. The van der Waals surface area contributed by atoms with E-state index in [1.54, 1.807) is 18.2 Å². The average Bonchev–Trinajstić information content (AvgIpc) is 2.96. The summed E-state index contributed by atoms with van der Waals surface area (Å²) in [4.78, 5) is 4.51. The van der Waals surface area contributed by atoms with Gasteiger partial charge in [-0.25, -0.2) is 4.98 Å². The zero-order valence-electron chi connectivity index (χ0n) is 9.43. The highest BCUT2D eigenvalue weighted by atomic mass is 35.5. The van der Waals surface area contributed by atoms with Gasteiger partial charge in [-0.15, -0.1) is 22.7 Å². The number of benzene rings is 1. The molecule has 19 heavy (non-hydrogen) atoms. The van der Waals surface area contributed by atoms with Gasteiger partial charge in [0.05, 0.1) is 15.6 Å². The molecular weight excluding hydrogens is 321 g/mol. The molecule has 1 aromatic carbocycles. The zero-order chi connectivity index (χ0) is 13.4. The molecule has 0 fully saturated rings. The van der Waals surface area contributed by atoms with E-state index >= 15 is 0 Å². The lowest BCUT2D eigenvalue weighted by Gasteiger charge is -1.99. The summed E-state index contributed by atoms with van der Waals surface area (Å²) in [6.07, 6.45) is 0. The fourth-order valence-corrected chi connectivity index (χ4v) is 4.03. The number of aromatic hydroxyl groups is 1. The van der Waals surface area contributed by atoms with Crippen LogP contribution < -0.4 is 0 Å². The van der Waals surface area contributed by atoms with E-state index < -0.39 is 0 Å². The molecule has 96 valence electrons. The Morgan fingerprint density at radius 3 is 2.58 bits per heavy atom. The summed E-state index contributed by atoms with van der Waals surface area (Å²) < 4.78 is 1.26. The number of thiazole rings is 1. The van der Waals surface area contributed by atoms with Crippen molar-refractivity contribution in [3.8, 4) is 27.6 Å². The standard InChI is InChI=1S/C13H7Cl2NOS2/c14-11-5-8(12(15)19-11)9-6-18-13(16-9)7-3-1-2-4-10(7)17/h1-6,17H. The van der Waals surface area contributed by atoms with Crippen LogP contribution in [0.25, 0.3) is 21.8 Å². The number of nitrogens with zero attached hydrogens (tertiary/aromatic N) is 1. The fourth-order valence-electron chi connectivity index (χ4n) is 1.69. The third-order valence-corrected chi connectivity index (χ3v) is 4.93. The molecule has 6 heteroatoms. The maximum atomic E-state index is 9.82. The molecule has 0 amide bonds. The van der Waals surface area contributed by atoms with Crippen molar-refractivity contribution in [3.63, 3.8) is 0 Å². The van der Waals surface area contributed by atoms with E-state index in [9.17, 15) is 5.11 Å². The van der Waals surface area contributed by atoms with Crippen LogP contribution in [0.1, 0.15) is 0 Å². The monoisotopic (exact) mass is 327 g/mol. The van der Waals surface area contributed by atoms with E-state index in [0.717, 1.165) is 21.8 Å². The van der Waals surface area contributed by atoms with Crippen molar-refractivity contribution in [2.24, 2.45) is 0 Å². The Hall–Kier alpha value is -1.07. The van der Waals surface area contributed by atoms with E-state index in [1.165, 1.54) is 22.7 Å². The highest BCUT2D eigenvalue weighted by Crippen LogP contribution is 2.40. The van der Waals surface area contributed by atoms with Crippen LogP contribution in [0.5, 0.6) is 5.75 Å². The van der Waals surface area contributed by atoms with Crippen LogP contribution >= 0.6 is 45.9 Å². The first kappa shape index (κ1) is 12.9. The molecule has 2 heterocycles. The van der Waals surface area contributed by atoms with Gasteiger partial charge in [0.15, 0.2) is 0 Å². The molecule has 0 aliphatic rings. The Morgan fingerprint density at radius 1 is 1.11 bits per heavy atom. The SMILES string of the molecule is Oc1ccccc1-c1nc(-c2cc(Cl)sc2Cl)cs1. The van der Waals surface area contributed by atoms with Gasteiger partial charge in [-0.2, -0.15) is 0 Å². The van der Waals surface area contributed by atoms with Crippen LogP contribution in [-0.4, -0.2) is 10.1 Å². The maximum Gasteiger partial charge on any atom is 0.127 e. The Balaban J connectivity index is 2.05. The summed E-state index contributed by atoms with van der Waals surface area (Å²) in [6, 6.07) is 8.93. The predicted octanol–water partition coefficient (Wildman–Crippen LogP) is 5.55. The van der Waals surface area contributed by atoms with Crippen LogP contribution in [0.2, 0.25) is 8.67 Å². The van der Waals surface area contributed by atoms with Crippen molar-refractivity contribution in [2.75, 3.05) is 0 Å². The molecule has 0 saturated carbocycles. The largest absolute Gasteiger partial charge is 0.507 e. The van der Waals surface area contributed by atoms with Crippen LogP contribution in [0, 0.1) is 0 Å². The highest BCUT2D eigenvalue weighted by molar-refractivity contribution is 7.20. The van der Waals surface area contributed by atoms with E-state index in [4.69, 9.17) is 23.2 Å². The second-order valence-corrected chi connectivity index (χ2v) is 6.94. The average molecular weight is 328 g/mol. The molecule has 0 aliphatic heterocycles. The second-order valence-electron chi connectivity index (χ2n) is 3.79. The minimum atomic E-state index is 0.220. The third-order valence-electron chi connectivity index (χ3n) is 2.57. The van der Waals surface area contributed by atoms with Gasteiger partial charge < -0.3 is 5.11 Å². The molecule has 0 radical (unpaired) electrons. The summed E-state index contributed by atoms with van der Waals surface area (Å²) in [5.41, 5.74) is 2.32. The van der Waals surface area contributed by atoms with Crippen LogP contribution in [0.3, 0.4) is 0 Å². The molecular formula is C13H7Cl2NOS2. The second kappa shape index (κ2) is 5.13. The summed E-state index contributed by atoms with van der Waals surface area (Å²) in [7, 11) is 0. The Bertz CT molecular complexity index is 736. The molecule has 0 unspecified atom stereocenters. The third kappa shape index (κ3) is 2.49. The zero-order valence-corrected chi connectivity index (χ0v) is 12.6. The molecule has 2 aromatic heterocycles. The van der Waals surface area contributed by atoms with E-state index in [1.807, 2.05) is 17.5 Å². The number of thiophene rings is 1. The number of para-hydroxylation sites is 1. The summed E-state index contributed by atoms with van der Waals surface area (Å²) in [6.45, 7) is 0. The van der Waals surface area contributed by atoms with E-state index in [2.05, 4.69) is 4.98 Å². The molecule has 1 N–H and O–H groups in total. The summed E-state index contributed by atoms with van der Waals surface area (Å²) in [5, 5.41) is 12.5. The number of hydrogen-bond acceptors (Lipinski definition) is 4. The molecule has 0 bridgehead atoms. The minimum Gasteiger partial charge on any atom is -0.507 e. The Morgan fingerprint density at radius 2 is 1.89 bits per heavy atom. The lowest BCUT2D eigenvalue weighted by atomic mass is 10.2. The van der Waals surface area contributed by atoms with E-state index in [0.29, 0.717) is 8.67 Å². The number of rotatable bonds is 2. The maximum absolute atomic E-state index is 9.82.